The van der Waals surface area contributed by atoms with Crippen LogP contribution in [0, 0.1) is 0 Å². The summed E-state index contributed by atoms with van der Waals surface area (Å²) in [5.74, 6) is -0.359. The van der Waals surface area contributed by atoms with E-state index in [4.69, 9.17) is 9.84 Å². The van der Waals surface area contributed by atoms with Gasteiger partial charge in [0.2, 0.25) is 5.91 Å². The first-order valence-corrected chi connectivity index (χ1v) is 7.03. The molecule has 0 spiro atoms. The molecule has 0 saturated heterocycles. The third kappa shape index (κ3) is 7.15. The zero-order chi connectivity index (χ0) is 15.5. The molecule has 0 fully saturated rings. The van der Waals surface area contributed by atoms with Gasteiger partial charge in [-0.3, -0.25) is 9.59 Å². The lowest BCUT2D eigenvalue weighted by Crippen LogP contribution is -2.22. The van der Waals surface area contributed by atoms with E-state index in [-0.39, 0.29) is 12.3 Å². The molecule has 0 saturated carbocycles. The monoisotopic (exact) mass is 291 g/mol. The first-order valence-electron chi connectivity index (χ1n) is 7.03. The van der Waals surface area contributed by atoms with Crippen molar-refractivity contribution in [2.24, 2.45) is 0 Å². The predicted octanol–water partition coefficient (Wildman–Crippen LogP) is 2.47. The van der Waals surface area contributed by atoms with Crippen LogP contribution in [0.3, 0.4) is 0 Å². The Labute approximate surface area is 124 Å². The molecule has 0 aliphatic rings. The second kappa shape index (κ2) is 9.58. The first kappa shape index (κ1) is 16.8. The fourth-order valence-corrected chi connectivity index (χ4v) is 1.64. The minimum absolute atomic E-state index is 0.0533. The number of amides is 1. The number of ether oxygens (including phenoxy) is 1. The van der Waals surface area contributed by atoms with Gasteiger partial charge in [-0.2, -0.15) is 0 Å². The molecule has 1 rings (SSSR count). The summed E-state index contributed by atoms with van der Waals surface area (Å²) in [5.41, 5.74) is 0.839. The van der Waals surface area contributed by atoms with E-state index < -0.39 is 5.97 Å². The van der Waals surface area contributed by atoms with Crippen molar-refractivity contribution in [3.05, 3.63) is 35.9 Å². The molecule has 1 amide bonds. The predicted molar refractivity (Wildman–Crippen MR) is 81.1 cm³/mol. The Kier molecular flexibility index (Phi) is 7.64. The Morgan fingerprint density at radius 2 is 2.10 bits per heavy atom. The lowest BCUT2D eigenvalue weighted by atomic mass is 10.2. The van der Waals surface area contributed by atoms with Crippen molar-refractivity contribution in [1.82, 2.24) is 5.32 Å². The third-order valence-corrected chi connectivity index (χ3v) is 2.66. The third-order valence-electron chi connectivity index (χ3n) is 2.66. The summed E-state index contributed by atoms with van der Waals surface area (Å²) in [7, 11) is 0. The summed E-state index contributed by atoms with van der Waals surface area (Å²) < 4.78 is 5.60. The standard InChI is InChI=1S/C16H21NO4/c1-2-12-21-14-7-4-3-6-13(14)9-10-15(18)17-11-5-8-16(19)20/h3-4,6-7,9-10H,2,5,8,11-12H2,1H3,(H,17,18)(H,19,20)/b10-9+. The summed E-state index contributed by atoms with van der Waals surface area (Å²) in [6.45, 7) is 3.01. The van der Waals surface area contributed by atoms with Crippen molar-refractivity contribution in [2.45, 2.75) is 26.2 Å². The highest BCUT2D eigenvalue weighted by atomic mass is 16.5. The zero-order valence-electron chi connectivity index (χ0n) is 12.2. The summed E-state index contributed by atoms with van der Waals surface area (Å²) in [6.07, 6.45) is 4.51. The minimum Gasteiger partial charge on any atom is -0.493 e. The van der Waals surface area contributed by atoms with Crippen LogP contribution in [0.5, 0.6) is 5.75 Å². The van der Waals surface area contributed by atoms with E-state index in [1.807, 2.05) is 31.2 Å². The van der Waals surface area contributed by atoms with E-state index in [1.165, 1.54) is 6.08 Å². The van der Waals surface area contributed by atoms with Crippen LogP contribution in [0.2, 0.25) is 0 Å². The molecule has 0 unspecified atom stereocenters. The van der Waals surface area contributed by atoms with Gasteiger partial charge in [-0.15, -0.1) is 0 Å². The van der Waals surface area contributed by atoms with E-state index in [2.05, 4.69) is 5.32 Å². The highest BCUT2D eigenvalue weighted by molar-refractivity contribution is 5.92. The van der Waals surface area contributed by atoms with Gasteiger partial charge in [0.05, 0.1) is 6.61 Å². The average Bonchev–Trinajstić information content (AvgIpc) is 2.48. The molecular weight excluding hydrogens is 270 g/mol. The SMILES string of the molecule is CCCOc1ccccc1/C=C/C(=O)NCCCC(=O)O. The minimum atomic E-state index is -0.859. The second-order valence-corrected chi connectivity index (χ2v) is 4.51. The Hall–Kier alpha value is -2.30. The Balaban J connectivity index is 2.48. The Morgan fingerprint density at radius 3 is 2.81 bits per heavy atom. The number of carboxylic acids is 1. The summed E-state index contributed by atoms with van der Waals surface area (Å²) >= 11 is 0. The van der Waals surface area contributed by atoms with Gasteiger partial charge in [0.1, 0.15) is 5.75 Å². The average molecular weight is 291 g/mol. The van der Waals surface area contributed by atoms with Crippen LogP contribution in [0.25, 0.3) is 6.08 Å². The van der Waals surface area contributed by atoms with Gasteiger partial charge in [-0.1, -0.05) is 25.1 Å². The quantitative estimate of drug-likeness (QED) is 0.541. The number of hydrogen-bond acceptors (Lipinski definition) is 3. The molecule has 0 radical (unpaired) electrons. The van der Waals surface area contributed by atoms with Crippen LogP contribution >= 0.6 is 0 Å². The summed E-state index contributed by atoms with van der Waals surface area (Å²) in [6, 6.07) is 7.50. The van der Waals surface area contributed by atoms with Gasteiger partial charge in [0.25, 0.3) is 0 Å². The largest absolute Gasteiger partial charge is 0.493 e. The molecule has 0 bridgehead atoms. The molecule has 2 N–H and O–H groups in total. The molecule has 5 heteroatoms. The Bertz CT molecular complexity index is 497. The maximum Gasteiger partial charge on any atom is 0.303 e. The number of carboxylic acid groups (broad SMARTS) is 1. The molecule has 0 heterocycles. The number of aliphatic carboxylic acids is 1. The topological polar surface area (TPSA) is 75.6 Å². The normalized spacial score (nSPS) is 10.5. The molecule has 0 atom stereocenters. The van der Waals surface area contributed by atoms with E-state index in [0.29, 0.717) is 19.6 Å². The van der Waals surface area contributed by atoms with Gasteiger partial charge in [-0.25, -0.2) is 0 Å². The van der Waals surface area contributed by atoms with E-state index >= 15 is 0 Å². The summed E-state index contributed by atoms with van der Waals surface area (Å²) in [5, 5.41) is 11.1. The first-order chi connectivity index (χ1) is 10.1. The van der Waals surface area contributed by atoms with Crippen LogP contribution in [0.4, 0.5) is 0 Å². The number of hydrogen-bond donors (Lipinski definition) is 2. The van der Waals surface area contributed by atoms with Crippen molar-refractivity contribution in [1.29, 1.82) is 0 Å². The number of carbonyl (C=O) groups is 2. The smallest absolute Gasteiger partial charge is 0.303 e. The highest BCUT2D eigenvalue weighted by Gasteiger charge is 2.01. The second-order valence-electron chi connectivity index (χ2n) is 4.51. The van der Waals surface area contributed by atoms with Crippen LogP contribution < -0.4 is 10.1 Å². The van der Waals surface area contributed by atoms with Crippen molar-refractivity contribution in [2.75, 3.05) is 13.2 Å². The molecular formula is C16H21NO4. The fraction of sp³-hybridized carbons (Fsp3) is 0.375. The van der Waals surface area contributed by atoms with Crippen LogP contribution in [-0.4, -0.2) is 30.1 Å². The lowest BCUT2D eigenvalue weighted by molar-refractivity contribution is -0.137. The van der Waals surface area contributed by atoms with Crippen LogP contribution in [0.1, 0.15) is 31.7 Å². The Morgan fingerprint density at radius 1 is 1.33 bits per heavy atom. The molecule has 1 aromatic rings. The van der Waals surface area contributed by atoms with Gasteiger partial charge in [0.15, 0.2) is 0 Å². The number of benzene rings is 1. The molecule has 114 valence electrons. The fourth-order valence-electron chi connectivity index (χ4n) is 1.64. The maximum absolute atomic E-state index is 11.6. The van der Waals surface area contributed by atoms with Crippen molar-refractivity contribution in [3.8, 4) is 5.75 Å². The molecule has 5 nitrogen and oxygen atoms in total. The van der Waals surface area contributed by atoms with Crippen molar-refractivity contribution in [3.63, 3.8) is 0 Å². The van der Waals surface area contributed by atoms with Gasteiger partial charge in [0, 0.05) is 24.6 Å². The molecule has 1 aromatic carbocycles. The number of rotatable bonds is 9. The number of carbonyl (C=O) groups excluding carboxylic acids is 1. The molecule has 0 aromatic heterocycles. The van der Waals surface area contributed by atoms with Gasteiger partial charge in [-0.05, 0) is 25.0 Å². The van der Waals surface area contributed by atoms with Crippen LogP contribution in [0.15, 0.2) is 30.3 Å². The molecule has 21 heavy (non-hydrogen) atoms. The lowest BCUT2D eigenvalue weighted by Gasteiger charge is -2.07. The summed E-state index contributed by atoms with van der Waals surface area (Å²) in [4.78, 5) is 21.9. The van der Waals surface area contributed by atoms with Gasteiger partial charge >= 0.3 is 5.97 Å². The van der Waals surface area contributed by atoms with E-state index in [1.54, 1.807) is 6.08 Å². The van der Waals surface area contributed by atoms with Crippen LogP contribution in [-0.2, 0) is 9.59 Å². The van der Waals surface area contributed by atoms with E-state index in [0.717, 1.165) is 17.7 Å². The number of para-hydroxylation sites is 1. The number of nitrogens with one attached hydrogen (secondary N) is 1. The zero-order valence-corrected chi connectivity index (χ0v) is 12.2. The van der Waals surface area contributed by atoms with Crippen molar-refractivity contribution < 1.29 is 19.4 Å². The van der Waals surface area contributed by atoms with Crippen molar-refractivity contribution >= 4 is 18.0 Å². The molecule has 0 aliphatic heterocycles. The maximum atomic E-state index is 11.6. The highest BCUT2D eigenvalue weighted by Crippen LogP contribution is 2.19. The molecule has 0 aliphatic carbocycles. The van der Waals surface area contributed by atoms with Gasteiger partial charge < -0.3 is 15.2 Å². The van der Waals surface area contributed by atoms with E-state index in [9.17, 15) is 9.59 Å².